The molecule has 4 N–H and O–H groups in total. The molecule has 1 aliphatic carbocycles. The average Bonchev–Trinajstić information content (AvgIpc) is 2.96. The smallest absolute Gasteiger partial charge is 0.164 e. The van der Waals surface area contributed by atoms with Crippen LogP contribution < -0.4 is 16.5 Å². The van der Waals surface area contributed by atoms with E-state index < -0.39 is 0 Å². The summed E-state index contributed by atoms with van der Waals surface area (Å²) in [7, 11) is 0. The molecule has 1 unspecified atom stereocenters. The SMILES string of the molecule is CCC1(C)CCC=C(N(/C(=N\N)c2ccccc2)c2ccc(N)nc2C)c2ccccc21. The van der Waals surface area contributed by atoms with Crippen LogP contribution in [0.3, 0.4) is 0 Å². The summed E-state index contributed by atoms with van der Waals surface area (Å²) in [6.45, 7) is 6.60. The second-order valence-electron chi connectivity index (χ2n) is 8.58. The van der Waals surface area contributed by atoms with Crippen LogP contribution in [-0.4, -0.2) is 10.8 Å². The van der Waals surface area contributed by atoms with Gasteiger partial charge in [0, 0.05) is 11.1 Å². The Kier molecular flexibility index (Phi) is 5.99. The summed E-state index contributed by atoms with van der Waals surface area (Å²) in [6, 6.07) is 22.5. The number of anilines is 2. The van der Waals surface area contributed by atoms with E-state index in [1.807, 2.05) is 49.4 Å². The summed E-state index contributed by atoms with van der Waals surface area (Å²) >= 11 is 0. The number of hydrogen-bond acceptors (Lipinski definition) is 4. The van der Waals surface area contributed by atoms with Crippen molar-refractivity contribution < 1.29 is 0 Å². The van der Waals surface area contributed by atoms with Gasteiger partial charge in [-0.2, -0.15) is 5.10 Å². The van der Waals surface area contributed by atoms with Gasteiger partial charge in [0.1, 0.15) is 5.82 Å². The molecule has 5 heteroatoms. The van der Waals surface area contributed by atoms with Gasteiger partial charge >= 0.3 is 0 Å². The van der Waals surface area contributed by atoms with Crippen LogP contribution in [0.5, 0.6) is 0 Å². The number of rotatable bonds is 4. The van der Waals surface area contributed by atoms with Crippen molar-refractivity contribution in [2.45, 2.75) is 45.4 Å². The van der Waals surface area contributed by atoms with Gasteiger partial charge in [-0.3, -0.25) is 4.90 Å². The molecule has 32 heavy (non-hydrogen) atoms. The fourth-order valence-corrected chi connectivity index (χ4v) is 4.60. The number of fused-ring (bicyclic) bond motifs is 1. The minimum absolute atomic E-state index is 0.0989. The Morgan fingerprint density at radius 2 is 1.78 bits per heavy atom. The fraction of sp³-hybridized carbons (Fsp3) is 0.259. The van der Waals surface area contributed by atoms with Gasteiger partial charge in [-0.15, -0.1) is 0 Å². The highest BCUT2D eigenvalue weighted by Gasteiger charge is 2.33. The van der Waals surface area contributed by atoms with Gasteiger partial charge in [0.25, 0.3) is 0 Å². The van der Waals surface area contributed by atoms with Gasteiger partial charge in [-0.05, 0) is 49.3 Å². The van der Waals surface area contributed by atoms with Gasteiger partial charge in [-0.25, -0.2) is 4.98 Å². The molecule has 0 spiro atoms. The van der Waals surface area contributed by atoms with Crippen LogP contribution in [0.4, 0.5) is 11.5 Å². The minimum atomic E-state index is 0.0989. The topological polar surface area (TPSA) is 80.5 Å². The third-order valence-electron chi connectivity index (χ3n) is 6.59. The molecule has 0 radical (unpaired) electrons. The predicted octanol–water partition coefficient (Wildman–Crippen LogP) is 5.60. The number of pyridine rings is 1. The van der Waals surface area contributed by atoms with Crippen molar-refractivity contribution in [1.82, 2.24) is 4.98 Å². The molecule has 0 fully saturated rings. The predicted molar refractivity (Wildman–Crippen MR) is 134 cm³/mol. The number of amidine groups is 1. The molecule has 5 nitrogen and oxygen atoms in total. The van der Waals surface area contributed by atoms with Gasteiger partial charge in [0.05, 0.1) is 17.1 Å². The maximum atomic E-state index is 6.04. The fourth-order valence-electron chi connectivity index (χ4n) is 4.60. The lowest BCUT2D eigenvalue weighted by atomic mass is 9.75. The number of hydrogen-bond donors (Lipinski definition) is 2. The highest BCUT2D eigenvalue weighted by atomic mass is 15.3. The highest BCUT2D eigenvalue weighted by molar-refractivity contribution is 6.17. The minimum Gasteiger partial charge on any atom is -0.384 e. The number of nitrogens with two attached hydrogens (primary N) is 2. The molecule has 0 amide bonds. The summed E-state index contributed by atoms with van der Waals surface area (Å²) < 4.78 is 0. The van der Waals surface area contributed by atoms with Crippen molar-refractivity contribution in [1.29, 1.82) is 0 Å². The molecule has 0 saturated carbocycles. The van der Waals surface area contributed by atoms with E-state index in [1.165, 1.54) is 11.1 Å². The number of hydrazone groups is 1. The second kappa shape index (κ2) is 8.87. The molecule has 0 bridgehead atoms. The molecule has 1 heterocycles. The van der Waals surface area contributed by atoms with Gasteiger partial charge in [0.2, 0.25) is 0 Å². The Bertz CT molecular complexity index is 1170. The van der Waals surface area contributed by atoms with Crippen LogP contribution in [0.15, 0.2) is 77.9 Å². The van der Waals surface area contributed by atoms with E-state index in [0.29, 0.717) is 11.7 Å². The maximum absolute atomic E-state index is 6.04. The number of nitrogens with zero attached hydrogens (tertiary/aromatic N) is 3. The average molecular weight is 426 g/mol. The third-order valence-corrected chi connectivity index (χ3v) is 6.59. The zero-order valence-electron chi connectivity index (χ0n) is 19.0. The first-order valence-corrected chi connectivity index (χ1v) is 11.1. The normalized spacial score (nSPS) is 18.5. The van der Waals surface area contributed by atoms with Crippen molar-refractivity contribution in [3.8, 4) is 0 Å². The van der Waals surface area contributed by atoms with E-state index in [2.05, 4.69) is 59.2 Å². The molecule has 1 aliphatic rings. The first-order chi connectivity index (χ1) is 15.5. The molecule has 0 saturated heterocycles. The van der Waals surface area contributed by atoms with Crippen molar-refractivity contribution in [3.63, 3.8) is 0 Å². The molecule has 2 aromatic carbocycles. The van der Waals surface area contributed by atoms with E-state index in [1.54, 1.807) is 0 Å². The van der Waals surface area contributed by atoms with Crippen LogP contribution in [0, 0.1) is 6.92 Å². The van der Waals surface area contributed by atoms with Crippen LogP contribution in [0.25, 0.3) is 5.70 Å². The highest BCUT2D eigenvalue weighted by Crippen LogP contribution is 2.43. The Hall–Kier alpha value is -3.60. The van der Waals surface area contributed by atoms with Crippen molar-refractivity contribution >= 4 is 23.0 Å². The Morgan fingerprint density at radius 1 is 1.06 bits per heavy atom. The summed E-state index contributed by atoms with van der Waals surface area (Å²) in [4.78, 5) is 6.67. The number of allylic oxidation sites excluding steroid dienone is 1. The zero-order chi connectivity index (χ0) is 22.7. The molecule has 1 aromatic heterocycles. The van der Waals surface area contributed by atoms with Gasteiger partial charge in [-0.1, -0.05) is 74.5 Å². The molecular weight excluding hydrogens is 394 g/mol. The number of aryl methyl sites for hydroxylation is 1. The Balaban J connectivity index is 1.98. The van der Waals surface area contributed by atoms with E-state index in [9.17, 15) is 0 Å². The van der Waals surface area contributed by atoms with Crippen molar-refractivity contribution in [2.75, 3.05) is 10.6 Å². The van der Waals surface area contributed by atoms with Gasteiger partial charge < -0.3 is 11.6 Å². The lowest BCUT2D eigenvalue weighted by Gasteiger charge is -2.33. The van der Waals surface area contributed by atoms with E-state index in [0.717, 1.165) is 41.9 Å². The molecule has 164 valence electrons. The number of aromatic nitrogens is 1. The maximum Gasteiger partial charge on any atom is 0.164 e. The van der Waals surface area contributed by atoms with Crippen LogP contribution in [-0.2, 0) is 5.41 Å². The summed E-state index contributed by atoms with van der Waals surface area (Å²) in [6.07, 6.45) is 5.42. The monoisotopic (exact) mass is 425 g/mol. The first kappa shape index (κ1) is 21.6. The quantitative estimate of drug-likeness (QED) is 0.247. The van der Waals surface area contributed by atoms with Crippen LogP contribution in [0.1, 0.15) is 55.5 Å². The zero-order valence-corrected chi connectivity index (χ0v) is 19.0. The largest absolute Gasteiger partial charge is 0.384 e. The lowest BCUT2D eigenvalue weighted by Crippen LogP contribution is -2.33. The van der Waals surface area contributed by atoms with E-state index in [4.69, 9.17) is 11.6 Å². The third kappa shape index (κ3) is 3.86. The Labute approximate surface area is 190 Å². The molecule has 0 aliphatic heterocycles. The molecule has 3 aromatic rings. The van der Waals surface area contributed by atoms with Gasteiger partial charge in [0.15, 0.2) is 5.84 Å². The first-order valence-electron chi connectivity index (χ1n) is 11.1. The number of nitrogen functional groups attached to an aromatic ring is 1. The molecule has 4 rings (SSSR count). The summed E-state index contributed by atoms with van der Waals surface area (Å²) in [5.41, 5.74) is 12.4. The van der Waals surface area contributed by atoms with Crippen molar-refractivity contribution in [3.05, 3.63) is 95.2 Å². The van der Waals surface area contributed by atoms with Crippen LogP contribution >= 0.6 is 0 Å². The van der Waals surface area contributed by atoms with Crippen molar-refractivity contribution in [2.24, 2.45) is 10.9 Å². The van der Waals surface area contributed by atoms with Crippen LogP contribution in [0.2, 0.25) is 0 Å². The van der Waals surface area contributed by atoms with E-state index in [-0.39, 0.29) is 5.41 Å². The molecular formula is C27H31N5. The second-order valence-corrected chi connectivity index (χ2v) is 8.58. The molecule has 1 atom stereocenters. The summed E-state index contributed by atoms with van der Waals surface area (Å²) in [5.74, 6) is 7.20. The number of benzene rings is 2. The lowest BCUT2D eigenvalue weighted by molar-refractivity contribution is 0.424. The Morgan fingerprint density at radius 3 is 2.47 bits per heavy atom. The standard InChI is InChI=1S/C27H31N5/c1-4-27(3)18-10-15-24(21-13-8-9-14-22(21)27)32(23-16-17-25(28)30-19(23)2)26(31-29)20-11-6-5-7-12-20/h5-9,11-17H,4,10,18,29H2,1-3H3,(H2,28,30)/b31-26-. The van der Waals surface area contributed by atoms with E-state index >= 15 is 0 Å². The summed E-state index contributed by atoms with van der Waals surface area (Å²) in [5, 5.41) is 4.28.